The highest BCUT2D eigenvalue weighted by atomic mass is 32.2. The van der Waals surface area contributed by atoms with Gasteiger partial charge in [-0.05, 0) is 31.9 Å². The van der Waals surface area contributed by atoms with E-state index < -0.39 is 9.84 Å². The largest absolute Gasteiger partial charge is 0.393 e. The smallest absolute Gasteiger partial charge is 0.221 e. The summed E-state index contributed by atoms with van der Waals surface area (Å²) in [4.78, 5) is 11.8. The van der Waals surface area contributed by atoms with Gasteiger partial charge in [-0.2, -0.15) is 0 Å². The molecule has 6 heteroatoms. The molecule has 0 aliphatic carbocycles. The van der Waals surface area contributed by atoms with Gasteiger partial charge in [0.1, 0.15) is 0 Å². The minimum Gasteiger partial charge on any atom is -0.393 e. The Hall–Kier alpha value is -1.40. The number of hydrogen-bond acceptors (Lipinski definition) is 4. The van der Waals surface area contributed by atoms with E-state index in [1.807, 2.05) is 0 Å². The number of aliphatic hydroxyl groups is 1. The summed E-state index contributed by atoms with van der Waals surface area (Å²) >= 11 is 0. The number of rotatable bonds is 8. The quantitative estimate of drug-likeness (QED) is 0.705. The van der Waals surface area contributed by atoms with Crippen LogP contribution >= 0.6 is 0 Å². The van der Waals surface area contributed by atoms with E-state index in [9.17, 15) is 13.2 Å². The van der Waals surface area contributed by atoms with Gasteiger partial charge in [-0.15, -0.1) is 0 Å². The lowest BCUT2D eigenvalue weighted by molar-refractivity contribution is -0.120. The molecule has 1 atom stereocenters. The molecule has 1 unspecified atom stereocenters. The summed E-state index contributed by atoms with van der Waals surface area (Å²) < 4.78 is 23.9. The minimum absolute atomic E-state index is 0.0497. The highest BCUT2D eigenvalue weighted by Crippen LogP contribution is 2.10. The van der Waals surface area contributed by atoms with E-state index >= 15 is 0 Å². The summed E-state index contributed by atoms with van der Waals surface area (Å²) in [5.74, 6) is -0.478. The van der Waals surface area contributed by atoms with Gasteiger partial charge in [0.2, 0.25) is 5.91 Å². The van der Waals surface area contributed by atoms with E-state index in [2.05, 4.69) is 5.32 Å². The van der Waals surface area contributed by atoms with Gasteiger partial charge in [-0.25, -0.2) is 8.42 Å². The van der Waals surface area contributed by atoms with E-state index in [4.69, 9.17) is 5.11 Å². The molecule has 20 heavy (non-hydrogen) atoms. The summed E-state index contributed by atoms with van der Waals surface area (Å²) in [7, 11) is -3.40. The van der Waals surface area contributed by atoms with Crippen molar-refractivity contribution in [2.45, 2.75) is 37.2 Å². The van der Waals surface area contributed by atoms with E-state index in [0.29, 0.717) is 19.4 Å². The van der Waals surface area contributed by atoms with Crippen LogP contribution in [0.4, 0.5) is 0 Å². The van der Waals surface area contributed by atoms with Gasteiger partial charge >= 0.3 is 0 Å². The maximum absolute atomic E-state index is 11.9. The Morgan fingerprint density at radius 1 is 1.30 bits per heavy atom. The second-order valence-electron chi connectivity index (χ2n) is 4.72. The predicted octanol–water partition coefficient (Wildman–Crippen LogP) is 1.13. The van der Waals surface area contributed by atoms with Crippen molar-refractivity contribution in [3.8, 4) is 0 Å². The monoisotopic (exact) mass is 299 g/mol. The molecule has 1 aromatic carbocycles. The third-order valence-electron chi connectivity index (χ3n) is 2.82. The van der Waals surface area contributed by atoms with E-state index in [0.717, 1.165) is 0 Å². The number of carbonyl (C=O) groups excluding carboxylic acids is 1. The number of aliphatic hydroxyl groups excluding tert-OH is 1. The molecule has 2 N–H and O–H groups in total. The zero-order chi connectivity index (χ0) is 15.0. The Morgan fingerprint density at radius 3 is 2.55 bits per heavy atom. The molecule has 0 aromatic heterocycles. The van der Waals surface area contributed by atoms with Gasteiger partial charge in [-0.1, -0.05) is 18.2 Å². The fourth-order valence-corrected chi connectivity index (χ4v) is 2.95. The number of amides is 1. The molecule has 0 radical (unpaired) electrons. The van der Waals surface area contributed by atoms with Crippen LogP contribution in [0.15, 0.2) is 35.2 Å². The average molecular weight is 299 g/mol. The molecule has 1 rings (SSSR count). The van der Waals surface area contributed by atoms with Crippen molar-refractivity contribution in [2.24, 2.45) is 0 Å². The summed E-state index contributed by atoms with van der Waals surface area (Å²) in [5, 5.41) is 11.7. The van der Waals surface area contributed by atoms with Gasteiger partial charge in [0.25, 0.3) is 0 Å². The molecule has 0 aliphatic rings. The molecule has 0 bridgehead atoms. The molecule has 1 aromatic rings. The minimum atomic E-state index is -3.40. The number of nitrogens with one attached hydrogen (secondary N) is 1. The van der Waals surface area contributed by atoms with Crippen LogP contribution in [-0.4, -0.2) is 37.8 Å². The van der Waals surface area contributed by atoms with Crippen molar-refractivity contribution in [2.75, 3.05) is 12.3 Å². The van der Waals surface area contributed by atoms with Crippen LogP contribution in [0, 0.1) is 0 Å². The molecular formula is C14H21NO4S. The van der Waals surface area contributed by atoms with Gasteiger partial charge in [0, 0.05) is 13.0 Å². The number of hydrogen-bond donors (Lipinski definition) is 2. The molecule has 112 valence electrons. The fourth-order valence-electron chi connectivity index (χ4n) is 1.69. The molecule has 0 heterocycles. The van der Waals surface area contributed by atoms with E-state index in [1.54, 1.807) is 25.1 Å². The topological polar surface area (TPSA) is 83.5 Å². The third-order valence-corrected chi connectivity index (χ3v) is 4.55. The van der Waals surface area contributed by atoms with Crippen molar-refractivity contribution in [3.05, 3.63) is 30.3 Å². The maximum Gasteiger partial charge on any atom is 0.221 e. The highest BCUT2D eigenvalue weighted by Gasteiger charge is 2.15. The number of carbonyl (C=O) groups is 1. The predicted molar refractivity (Wildman–Crippen MR) is 77.0 cm³/mol. The molecule has 0 saturated carbocycles. The van der Waals surface area contributed by atoms with Crippen molar-refractivity contribution in [1.29, 1.82) is 0 Å². The van der Waals surface area contributed by atoms with Crippen LogP contribution in [0.1, 0.15) is 26.2 Å². The molecular weight excluding hydrogens is 278 g/mol. The summed E-state index contributed by atoms with van der Waals surface area (Å²) in [5.41, 5.74) is 0. The first kappa shape index (κ1) is 16.7. The maximum atomic E-state index is 11.9. The SMILES string of the molecule is CC(O)CCCNC(=O)CCS(=O)(=O)c1ccccc1. The second-order valence-corrected chi connectivity index (χ2v) is 6.83. The average Bonchev–Trinajstić information content (AvgIpc) is 2.42. The van der Waals surface area contributed by atoms with Crippen molar-refractivity contribution in [1.82, 2.24) is 5.32 Å². The zero-order valence-electron chi connectivity index (χ0n) is 11.6. The van der Waals surface area contributed by atoms with E-state index in [-0.39, 0.29) is 29.1 Å². The van der Waals surface area contributed by atoms with Gasteiger partial charge in [-0.3, -0.25) is 4.79 Å². The van der Waals surface area contributed by atoms with Crippen LogP contribution in [0.25, 0.3) is 0 Å². The molecule has 1 amide bonds. The normalized spacial score (nSPS) is 12.9. The molecule has 0 spiro atoms. The van der Waals surface area contributed by atoms with Crippen LogP contribution in [0.3, 0.4) is 0 Å². The third kappa shape index (κ3) is 6.16. The van der Waals surface area contributed by atoms with E-state index in [1.165, 1.54) is 12.1 Å². The van der Waals surface area contributed by atoms with Crippen molar-refractivity contribution >= 4 is 15.7 Å². The van der Waals surface area contributed by atoms with Gasteiger partial charge in [0.05, 0.1) is 16.8 Å². The van der Waals surface area contributed by atoms with Gasteiger partial charge < -0.3 is 10.4 Å². The van der Waals surface area contributed by atoms with Crippen molar-refractivity contribution in [3.63, 3.8) is 0 Å². The Bertz CT molecular complexity index is 511. The zero-order valence-corrected chi connectivity index (χ0v) is 12.4. The van der Waals surface area contributed by atoms with Gasteiger partial charge in [0.15, 0.2) is 9.84 Å². The first-order valence-corrected chi connectivity index (χ1v) is 8.29. The second kappa shape index (κ2) is 8.01. The lowest BCUT2D eigenvalue weighted by Gasteiger charge is -2.07. The van der Waals surface area contributed by atoms with Crippen LogP contribution < -0.4 is 5.32 Å². The summed E-state index contributed by atoms with van der Waals surface area (Å²) in [6.45, 7) is 2.14. The Morgan fingerprint density at radius 2 is 1.95 bits per heavy atom. The lowest BCUT2D eigenvalue weighted by atomic mass is 10.2. The summed E-state index contributed by atoms with van der Waals surface area (Å²) in [6.07, 6.45) is 0.856. The Balaban J connectivity index is 2.34. The Labute approximate surface area is 119 Å². The number of sulfone groups is 1. The van der Waals surface area contributed by atoms with Crippen LogP contribution in [0.5, 0.6) is 0 Å². The first-order valence-electron chi connectivity index (χ1n) is 6.64. The molecule has 0 saturated heterocycles. The molecule has 0 fully saturated rings. The Kier molecular flexibility index (Phi) is 6.67. The molecule has 0 aliphatic heterocycles. The molecule has 5 nitrogen and oxygen atoms in total. The van der Waals surface area contributed by atoms with Crippen molar-refractivity contribution < 1.29 is 18.3 Å². The standard InChI is InChI=1S/C14H21NO4S/c1-12(16)6-5-10-15-14(17)9-11-20(18,19)13-7-3-2-4-8-13/h2-4,7-8,12,16H,5-6,9-11H2,1H3,(H,15,17). The first-order chi connectivity index (χ1) is 9.42. The van der Waals surface area contributed by atoms with Crippen LogP contribution in [-0.2, 0) is 14.6 Å². The van der Waals surface area contributed by atoms with Crippen LogP contribution in [0.2, 0.25) is 0 Å². The lowest BCUT2D eigenvalue weighted by Crippen LogP contribution is -2.27. The highest BCUT2D eigenvalue weighted by molar-refractivity contribution is 7.91. The summed E-state index contributed by atoms with van der Waals surface area (Å²) in [6, 6.07) is 8.10. The fraction of sp³-hybridized carbons (Fsp3) is 0.500. The number of benzene rings is 1.